The molecule has 2 N–H and O–H groups in total. The van der Waals surface area contributed by atoms with Crippen molar-refractivity contribution in [2.24, 2.45) is 4.99 Å². The molecule has 0 saturated carbocycles. The number of nitrogens with zero attached hydrogens (tertiary/aromatic N) is 2. The first-order chi connectivity index (χ1) is 10.8. The molecule has 2 rings (SSSR count). The predicted octanol–water partition coefficient (Wildman–Crippen LogP) is 2.37. The molecule has 0 spiro atoms. The molecule has 0 unspecified atom stereocenters. The molecule has 1 amide bonds. The quantitative estimate of drug-likeness (QED) is 0.414. The number of hydrogen-bond donors (Lipinski definition) is 2. The highest BCUT2D eigenvalue weighted by molar-refractivity contribution is 14.0. The van der Waals surface area contributed by atoms with E-state index in [2.05, 4.69) is 27.8 Å². The molecule has 23 heavy (non-hydrogen) atoms. The van der Waals surface area contributed by atoms with Gasteiger partial charge in [-0.25, -0.2) is 4.99 Å². The third kappa shape index (κ3) is 7.20. The Balaban J connectivity index is 0.00000264. The second-order valence-corrected chi connectivity index (χ2v) is 5.45. The van der Waals surface area contributed by atoms with Gasteiger partial charge in [0.05, 0.1) is 6.54 Å². The van der Waals surface area contributed by atoms with Crippen molar-refractivity contribution in [3.63, 3.8) is 0 Å². The van der Waals surface area contributed by atoms with Gasteiger partial charge in [0.1, 0.15) is 0 Å². The van der Waals surface area contributed by atoms with E-state index in [0.29, 0.717) is 19.5 Å². The van der Waals surface area contributed by atoms with Gasteiger partial charge in [-0.1, -0.05) is 30.3 Å². The minimum atomic E-state index is 0. The first kappa shape index (κ1) is 19.7. The normalized spacial score (nSPS) is 14.3. The van der Waals surface area contributed by atoms with Gasteiger partial charge in [0.15, 0.2) is 5.96 Å². The molecule has 1 aliphatic heterocycles. The van der Waals surface area contributed by atoms with E-state index in [0.717, 1.165) is 38.4 Å². The number of nitrogens with one attached hydrogen (secondary N) is 2. The van der Waals surface area contributed by atoms with Crippen LogP contribution < -0.4 is 10.6 Å². The first-order valence-electron chi connectivity index (χ1n) is 8.13. The number of rotatable bonds is 6. The van der Waals surface area contributed by atoms with E-state index in [4.69, 9.17) is 0 Å². The molecule has 6 heteroatoms. The van der Waals surface area contributed by atoms with E-state index < -0.39 is 0 Å². The number of aliphatic imine (C=N–C) groups is 1. The lowest BCUT2D eigenvalue weighted by Crippen LogP contribution is -2.39. The minimum absolute atomic E-state index is 0. The molecule has 1 saturated heterocycles. The highest BCUT2D eigenvalue weighted by Gasteiger charge is 2.17. The molecule has 5 nitrogen and oxygen atoms in total. The van der Waals surface area contributed by atoms with Crippen molar-refractivity contribution in [2.75, 3.05) is 26.2 Å². The first-order valence-corrected chi connectivity index (χ1v) is 8.13. The summed E-state index contributed by atoms with van der Waals surface area (Å²) in [6, 6.07) is 10.1. The molecule has 128 valence electrons. The molecule has 0 aliphatic carbocycles. The molecule has 0 radical (unpaired) electrons. The molecule has 1 aromatic carbocycles. The standard InChI is InChI=1S/C17H26N4O.HI/c1-2-18-17(20-14-15-8-4-3-5-9-15)19-11-10-16(22)21-12-6-7-13-21;/h3-5,8-9H,2,6-7,10-14H2,1H3,(H2,18,19,20);1H. The van der Waals surface area contributed by atoms with Gasteiger partial charge in [0.2, 0.25) is 5.91 Å². The highest BCUT2D eigenvalue weighted by atomic mass is 127. The van der Waals surface area contributed by atoms with E-state index in [-0.39, 0.29) is 29.9 Å². The number of guanidine groups is 1. The van der Waals surface area contributed by atoms with E-state index in [1.54, 1.807) is 0 Å². The lowest BCUT2D eigenvalue weighted by Gasteiger charge is -2.16. The number of likely N-dealkylation sites (tertiary alicyclic amines) is 1. The smallest absolute Gasteiger partial charge is 0.224 e. The molecule has 1 aromatic rings. The lowest BCUT2D eigenvalue weighted by molar-refractivity contribution is -0.129. The molecule has 1 heterocycles. The van der Waals surface area contributed by atoms with Crippen molar-refractivity contribution in [1.82, 2.24) is 15.5 Å². The fourth-order valence-electron chi connectivity index (χ4n) is 2.51. The van der Waals surface area contributed by atoms with Crippen LogP contribution in [0.2, 0.25) is 0 Å². The molecule has 0 atom stereocenters. The van der Waals surface area contributed by atoms with Crippen LogP contribution in [0.4, 0.5) is 0 Å². The summed E-state index contributed by atoms with van der Waals surface area (Å²) in [4.78, 5) is 18.5. The number of benzene rings is 1. The summed E-state index contributed by atoms with van der Waals surface area (Å²) in [6.07, 6.45) is 2.80. The van der Waals surface area contributed by atoms with Crippen LogP contribution in [0.15, 0.2) is 35.3 Å². The van der Waals surface area contributed by atoms with Crippen LogP contribution in [0.5, 0.6) is 0 Å². The summed E-state index contributed by atoms with van der Waals surface area (Å²) >= 11 is 0. The van der Waals surface area contributed by atoms with Gasteiger partial charge in [0.25, 0.3) is 0 Å². The van der Waals surface area contributed by atoms with E-state index >= 15 is 0 Å². The number of halogens is 1. The van der Waals surface area contributed by atoms with Crippen molar-refractivity contribution < 1.29 is 4.79 Å². The Morgan fingerprint density at radius 3 is 2.52 bits per heavy atom. The van der Waals surface area contributed by atoms with Crippen molar-refractivity contribution >= 4 is 35.8 Å². The number of hydrogen-bond acceptors (Lipinski definition) is 2. The summed E-state index contributed by atoms with van der Waals surface area (Å²) in [5.41, 5.74) is 1.17. The summed E-state index contributed by atoms with van der Waals surface area (Å²) in [5.74, 6) is 1.00. The minimum Gasteiger partial charge on any atom is -0.357 e. The molecule has 0 aromatic heterocycles. The summed E-state index contributed by atoms with van der Waals surface area (Å²) < 4.78 is 0. The monoisotopic (exact) mass is 430 g/mol. The molecular formula is C17H27IN4O. The van der Waals surface area contributed by atoms with Crippen molar-refractivity contribution in [1.29, 1.82) is 0 Å². The summed E-state index contributed by atoms with van der Waals surface area (Å²) in [5, 5.41) is 6.45. The Hall–Kier alpha value is -1.31. The Morgan fingerprint density at radius 1 is 1.17 bits per heavy atom. The average Bonchev–Trinajstić information content (AvgIpc) is 3.08. The third-order valence-electron chi connectivity index (χ3n) is 3.70. The molecule has 1 fully saturated rings. The Morgan fingerprint density at radius 2 is 1.87 bits per heavy atom. The van der Waals surface area contributed by atoms with Crippen molar-refractivity contribution in [3.05, 3.63) is 35.9 Å². The summed E-state index contributed by atoms with van der Waals surface area (Å²) in [7, 11) is 0. The zero-order valence-corrected chi connectivity index (χ0v) is 16.1. The van der Waals surface area contributed by atoms with Crippen molar-refractivity contribution in [2.45, 2.75) is 32.7 Å². The fraction of sp³-hybridized carbons (Fsp3) is 0.529. The largest absolute Gasteiger partial charge is 0.357 e. The molecule has 0 bridgehead atoms. The van der Waals surface area contributed by atoms with Gasteiger partial charge in [-0.2, -0.15) is 0 Å². The maximum atomic E-state index is 12.0. The van der Waals surface area contributed by atoms with Gasteiger partial charge in [-0.15, -0.1) is 24.0 Å². The molecule has 1 aliphatic rings. The SMILES string of the molecule is CCNC(=NCc1ccccc1)NCCC(=O)N1CCCC1.I. The van der Waals surface area contributed by atoms with Crippen LogP contribution in [0.3, 0.4) is 0 Å². The van der Waals surface area contributed by atoms with Gasteiger partial charge in [-0.3, -0.25) is 4.79 Å². The van der Waals surface area contributed by atoms with Crippen LogP contribution in [-0.2, 0) is 11.3 Å². The van der Waals surface area contributed by atoms with Gasteiger partial charge in [-0.05, 0) is 25.3 Å². The van der Waals surface area contributed by atoms with Gasteiger partial charge in [0, 0.05) is 32.6 Å². The predicted molar refractivity (Wildman–Crippen MR) is 105 cm³/mol. The topological polar surface area (TPSA) is 56.7 Å². The Bertz CT molecular complexity index is 487. The van der Waals surface area contributed by atoms with Gasteiger partial charge >= 0.3 is 0 Å². The summed E-state index contributed by atoms with van der Waals surface area (Å²) in [6.45, 7) is 5.93. The second-order valence-electron chi connectivity index (χ2n) is 5.45. The zero-order chi connectivity index (χ0) is 15.6. The Labute approximate surface area is 156 Å². The number of amides is 1. The maximum Gasteiger partial charge on any atom is 0.224 e. The van der Waals surface area contributed by atoms with Crippen molar-refractivity contribution in [3.8, 4) is 0 Å². The van der Waals surface area contributed by atoms with Crippen LogP contribution >= 0.6 is 24.0 Å². The van der Waals surface area contributed by atoms with E-state index in [1.807, 2.05) is 30.0 Å². The zero-order valence-electron chi connectivity index (χ0n) is 13.8. The van der Waals surface area contributed by atoms with Crippen LogP contribution in [0.25, 0.3) is 0 Å². The van der Waals surface area contributed by atoms with E-state index in [9.17, 15) is 4.79 Å². The third-order valence-corrected chi connectivity index (χ3v) is 3.70. The highest BCUT2D eigenvalue weighted by Crippen LogP contribution is 2.08. The van der Waals surface area contributed by atoms with Crippen LogP contribution in [0, 0.1) is 0 Å². The lowest BCUT2D eigenvalue weighted by atomic mass is 10.2. The van der Waals surface area contributed by atoms with E-state index in [1.165, 1.54) is 5.56 Å². The van der Waals surface area contributed by atoms with Gasteiger partial charge < -0.3 is 15.5 Å². The number of carbonyl (C=O) groups excluding carboxylic acids is 1. The average molecular weight is 430 g/mol. The fourth-order valence-corrected chi connectivity index (χ4v) is 2.51. The van der Waals surface area contributed by atoms with Crippen LogP contribution in [-0.4, -0.2) is 42.9 Å². The Kier molecular flexibility index (Phi) is 9.66. The molecular weight excluding hydrogens is 403 g/mol. The maximum absolute atomic E-state index is 12.0. The van der Waals surface area contributed by atoms with Crippen LogP contribution in [0.1, 0.15) is 31.7 Å². The second kappa shape index (κ2) is 11.3. The number of carbonyl (C=O) groups is 1.